The van der Waals surface area contributed by atoms with Crippen LogP contribution >= 0.6 is 0 Å². The molecule has 0 spiro atoms. The van der Waals surface area contributed by atoms with Crippen molar-refractivity contribution in [2.24, 2.45) is 0 Å². The molecule has 0 radical (unpaired) electrons. The van der Waals surface area contributed by atoms with E-state index < -0.39 is 5.69 Å². The second-order valence-electron chi connectivity index (χ2n) is 3.34. The van der Waals surface area contributed by atoms with E-state index in [-0.39, 0.29) is 5.56 Å². The summed E-state index contributed by atoms with van der Waals surface area (Å²) < 4.78 is 1.44. The molecule has 0 aliphatic rings. The van der Waals surface area contributed by atoms with Gasteiger partial charge in [0.15, 0.2) is 0 Å². The van der Waals surface area contributed by atoms with E-state index in [2.05, 4.69) is 20.4 Å². The molecule has 0 saturated carbocycles. The van der Waals surface area contributed by atoms with Gasteiger partial charge in [0.25, 0.3) is 5.56 Å². The number of aromatic nitrogens is 5. The van der Waals surface area contributed by atoms with Crippen LogP contribution in [0.4, 0.5) is 0 Å². The number of nitrogens with one attached hydrogen (secondary N) is 2. The van der Waals surface area contributed by atoms with E-state index in [0.717, 1.165) is 0 Å². The highest BCUT2D eigenvalue weighted by molar-refractivity contribution is 5.13. The predicted octanol–water partition coefficient (Wildman–Crippen LogP) is -0.735. The Kier molecular flexibility index (Phi) is 2.67. The van der Waals surface area contributed by atoms with Crippen LogP contribution < -0.4 is 11.2 Å². The summed E-state index contributed by atoms with van der Waals surface area (Å²) in [5, 5.41) is 9.90. The SMILES string of the molecule is CCn1cc(Cc2c[nH]nn2)c(=O)[nH]c1=O. The van der Waals surface area contributed by atoms with Crippen LogP contribution in [0, 0.1) is 0 Å². The van der Waals surface area contributed by atoms with Gasteiger partial charge < -0.3 is 4.57 Å². The summed E-state index contributed by atoms with van der Waals surface area (Å²) in [5.74, 6) is 0. The average Bonchev–Trinajstić information content (AvgIpc) is 2.75. The third kappa shape index (κ3) is 1.92. The minimum Gasteiger partial charge on any atom is -0.301 e. The Labute approximate surface area is 90.1 Å². The molecule has 7 nitrogen and oxygen atoms in total. The van der Waals surface area contributed by atoms with Gasteiger partial charge >= 0.3 is 5.69 Å². The number of rotatable bonds is 3. The van der Waals surface area contributed by atoms with Crippen LogP contribution in [0.2, 0.25) is 0 Å². The molecule has 0 aromatic carbocycles. The minimum atomic E-state index is -0.392. The molecule has 0 aliphatic heterocycles. The topological polar surface area (TPSA) is 96.4 Å². The normalized spacial score (nSPS) is 10.6. The first-order valence-corrected chi connectivity index (χ1v) is 4.88. The van der Waals surface area contributed by atoms with Crippen molar-refractivity contribution in [3.05, 3.63) is 44.5 Å². The van der Waals surface area contributed by atoms with E-state index >= 15 is 0 Å². The monoisotopic (exact) mass is 221 g/mol. The maximum absolute atomic E-state index is 11.5. The minimum absolute atomic E-state index is 0.353. The molecule has 16 heavy (non-hydrogen) atoms. The molecule has 2 heterocycles. The highest BCUT2D eigenvalue weighted by Gasteiger charge is 2.06. The molecule has 0 amide bonds. The molecule has 84 valence electrons. The zero-order valence-electron chi connectivity index (χ0n) is 8.73. The van der Waals surface area contributed by atoms with E-state index in [1.165, 1.54) is 4.57 Å². The van der Waals surface area contributed by atoms with Crippen molar-refractivity contribution in [2.75, 3.05) is 0 Å². The summed E-state index contributed by atoms with van der Waals surface area (Å²) in [6.07, 6.45) is 3.52. The van der Waals surface area contributed by atoms with Crippen LogP contribution in [0.15, 0.2) is 22.0 Å². The quantitative estimate of drug-likeness (QED) is 0.713. The molecule has 0 fully saturated rings. The molecule has 0 atom stereocenters. The molecular weight excluding hydrogens is 210 g/mol. The smallest absolute Gasteiger partial charge is 0.301 e. The van der Waals surface area contributed by atoms with Crippen molar-refractivity contribution < 1.29 is 0 Å². The van der Waals surface area contributed by atoms with Crippen LogP contribution in [0.3, 0.4) is 0 Å². The van der Waals surface area contributed by atoms with Crippen LogP contribution in [0.25, 0.3) is 0 Å². The fourth-order valence-electron chi connectivity index (χ4n) is 1.42. The molecule has 2 N–H and O–H groups in total. The Morgan fingerprint density at radius 1 is 1.44 bits per heavy atom. The van der Waals surface area contributed by atoms with Crippen molar-refractivity contribution >= 4 is 0 Å². The van der Waals surface area contributed by atoms with Gasteiger partial charge in [-0.3, -0.25) is 14.9 Å². The maximum atomic E-state index is 11.5. The van der Waals surface area contributed by atoms with Crippen molar-refractivity contribution in [1.82, 2.24) is 25.0 Å². The first kappa shape index (κ1) is 10.3. The number of hydrogen-bond acceptors (Lipinski definition) is 4. The molecule has 0 saturated heterocycles. The molecule has 0 aliphatic carbocycles. The van der Waals surface area contributed by atoms with Gasteiger partial charge in [-0.1, -0.05) is 5.21 Å². The predicted molar refractivity (Wildman–Crippen MR) is 56.2 cm³/mol. The summed E-state index contributed by atoms with van der Waals surface area (Å²) in [6, 6.07) is 0. The Morgan fingerprint density at radius 3 is 2.88 bits per heavy atom. The van der Waals surface area contributed by atoms with Gasteiger partial charge in [-0.15, -0.1) is 5.10 Å². The second-order valence-corrected chi connectivity index (χ2v) is 3.34. The number of H-pyrrole nitrogens is 2. The van der Waals surface area contributed by atoms with Gasteiger partial charge in [0.05, 0.1) is 5.69 Å². The molecule has 2 aromatic heterocycles. The van der Waals surface area contributed by atoms with Gasteiger partial charge in [-0.2, -0.15) is 0 Å². The summed E-state index contributed by atoms with van der Waals surface area (Å²) in [7, 11) is 0. The summed E-state index contributed by atoms with van der Waals surface area (Å²) >= 11 is 0. The second kappa shape index (κ2) is 4.13. The molecule has 2 rings (SSSR count). The number of aryl methyl sites for hydroxylation is 1. The maximum Gasteiger partial charge on any atom is 0.328 e. The van der Waals surface area contributed by atoms with Crippen LogP contribution in [0.1, 0.15) is 18.2 Å². The van der Waals surface area contributed by atoms with E-state index in [1.807, 2.05) is 6.92 Å². The molecule has 0 unspecified atom stereocenters. The van der Waals surface area contributed by atoms with E-state index in [1.54, 1.807) is 12.4 Å². The Hall–Kier alpha value is -2.18. The molecule has 2 aromatic rings. The highest BCUT2D eigenvalue weighted by atomic mass is 16.2. The number of nitrogens with zero attached hydrogens (tertiary/aromatic N) is 3. The number of hydrogen-bond donors (Lipinski definition) is 2. The van der Waals surface area contributed by atoms with Gasteiger partial charge in [0.2, 0.25) is 0 Å². The third-order valence-electron chi connectivity index (χ3n) is 2.26. The fourth-order valence-corrected chi connectivity index (χ4v) is 1.42. The van der Waals surface area contributed by atoms with E-state index in [9.17, 15) is 9.59 Å². The lowest BCUT2D eigenvalue weighted by molar-refractivity contribution is 0.683. The molecular formula is C9H11N5O2. The third-order valence-corrected chi connectivity index (χ3v) is 2.26. The van der Waals surface area contributed by atoms with Crippen LogP contribution in [-0.4, -0.2) is 25.0 Å². The fraction of sp³-hybridized carbons (Fsp3) is 0.333. The van der Waals surface area contributed by atoms with Gasteiger partial charge in [0, 0.05) is 30.9 Å². The van der Waals surface area contributed by atoms with Crippen LogP contribution in [0.5, 0.6) is 0 Å². The Bertz CT molecular complexity index is 581. The standard InChI is InChI=1S/C9H11N5O2/c1-2-14-5-6(8(15)11-9(14)16)3-7-4-10-13-12-7/h4-5H,2-3H2,1H3,(H,10,12,13)(H,11,15,16). The molecule has 0 bridgehead atoms. The van der Waals surface area contributed by atoms with Crippen molar-refractivity contribution in [3.8, 4) is 0 Å². The van der Waals surface area contributed by atoms with Crippen LogP contribution in [-0.2, 0) is 13.0 Å². The summed E-state index contributed by atoms with van der Waals surface area (Å²) in [4.78, 5) is 25.1. The van der Waals surface area contributed by atoms with Crippen molar-refractivity contribution in [2.45, 2.75) is 19.9 Å². The highest BCUT2D eigenvalue weighted by Crippen LogP contribution is 1.98. The first-order valence-electron chi connectivity index (χ1n) is 4.88. The molecule has 7 heteroatoms. The zero-order valence-corrected chi connectivity index (χ0v) is 8.73. The first-order chi connectivity index (χ1) is 7.70. The Morgan fingerprint density at radius 2 is 2.25 bits per heavy atom. The van der Waals surface area contributed by atoms with Gasteiger partial charge in [-0.05, 0) is 6.92 Å². The number of aromatic amines is 2. The summed E-state index contributed by atoms with van der Waals surface area (Å²) in [5.41, 5.74) is 0.385. The Balaban J connectivity index is 2.41. The lowest BCUT2D eigenvalue weighted by Gasteiger charge is -2.02. The largest absolute Gasteiger partial charge is 0.328 e. The zero-order chi connectivity index (χ0) is 11.5. The lowest BCUT2D eigenvalue weighted by Crippen LogP contribution is -2.31. The lowest BCUT2D eigenvalue weighted by atomic mass is 10.2. The van der Waals surface area contributed by atoms with E-state index in [0.29, 0.717) is 24.2 Å². The van der Waals surface area contributed by atoms with Crippen molar-refractivity contribution in [1.29, 1.82) is 0 Å². The van der Waals surface area contributed by atoms with Gasteiger partial charge in [0.1, 0.15) is 0 Å². The average molecular weight is 221 g/mol. The summed E-state index contributed by atoms with van der Waals surface area (Å²) in [6.45, 7) is 2.35. The van der Waals surface area contributed by atoms with Crippen molar-refractivity contribution in [3.63, 3.8) is 0 Å². The van der Waals surface area contributed by atoms with E-state index in [4.69, 9.17) is 0 Å². The van der Waals surface area contributed by atoms with Gasteiger partial charge in [-0.25, -0.2) is 4.79 Å².